The predicted octanol–water partition coefficient (Wildman–Crippen LogP) is 1.57. The summed E-state index contributed by atoms with van der Waals surface area (Å²) < 4.78 is 0. The highest BCUT2D eigenvalue weighted by Crippen LogP contribution is 2.30. The molecule has 0 aromatic heterocycles. The third-order valence-corrected chi connectivity index (χ3v) is 1.85. The van der Waals surface area contributed by atoms with Crippen LogP contribution in [0.4, 0.5) is 17.1 Å². The van der Waals surface area contributed by atoms with Crippen molar-refractivity contribution in [2.75, 3.05) is 19.0 Å². The summed E-state index contributed by atoms with van der Waals surface area (Å²) in [5.41, 5.74) is -0.0934. The van der Waals surface area contributed by atoms with Crippen LogP contribution < -0.4 is 4.90 Å². The monoisotopic (exact) mass is 211 g/mol. The smallest absolute Gasteiger partial charge is 0.293 e. The number of hydrogen-bond donors (Lipinski definition) is 0. The molecule has 1 aromatic rings. The fourth-order valence-electron chi connectivity index (χ4n) is 1.14. The molecule has 0 heterocycles. The average Bonchev–Trinajstić information content (AvgIpc) is 2.16. The number of hydrogen-bond acceptors (Lipinski definition) is 5. The first-order chi connectivity index (χ1) is 6.93. The van der Waals surface area contributed by atoms with E-state index in [-0.39, 0.29) is 17.1 Å². The molecule has 0 aliphatic heterocycles. The van der Waals surface area contributed by atoms with Gasteiger partial charge in [0.15, 0.2) is 0 Å². The maximum Gasteiger partial charge on any atom is 0.293 e. The van der Waals surface area contributed by atoms with E-state index in [1.165, 1.54) is 11.0 Å². The lowest BCUT2D eigenvalue weighted by molar-refractivity contribution is -0.388. The summed E-state index contributed by atoms with van der Waals surface area (Å²) in [4.78, 5) is 21.4. The third-order valence-electron chi connectivity index (χ3n) is 1.85. The van der Waals surface area contributed by atoms with Gasteiger partial charge >= 0.3 is 0 Å². The van der Waals surface area contributed by atoms with Gasteiger partial charge in [0.2, 0.25) is 0 Å². The molecule has 0 saturated heterocycles. The number of nitro benzene ring substituents is 2. The zero-order valence-electron chi connectivity index (χ0n) is 8.21. The van der Waals surface area contributed by atoms with Crippen LogP contribution in [0.15, 0.2) is 18.2 Å². The molecule has 1 aromatic carbocycles. The van der Waals surface area contributed by atoms with Gasteiger partial charge in [-0.1, -0.05) is 0 Å². The van der Waals surface area contributed by atoms with Crippen LogP contribution in [0.2, 0.25) is 0 Å². The Kier molecular flexibility index (Phi) is 2.84. The number of benzene rings is 1. The first kappa shape index (κ1) is 10.9. The van der Waals surface area contributed by atoms with Crippen LogP contribution in [0.3, 0.4) is 0 Å². The van der Waals surface area contributed by atoms with Crippen molar-refractivity contribution in [3.05, 3.63) is 38.4 Å². The van der Waals surface area contributed by atoms with Crippen LogP contribution in [0.25, 0.3) is 0 Å². The van der Waals surface area contributed by atoms with E-state index in [9.17, 15) is 20.2 Å². The molecule has 1 rings (SSSR count). The Bertz CT molecular complexity index is 416. The molecular weight excluding hydrogens is 202 g/mol. The lowest BCUT2D eigenvalue weighted by atomic mass is 10.2. The Morgan fingerprint density at radius 3 is 2.13 bits per heavy atom. The summed E-state index contributed by atoms with van der Waals surface area (Å²) in [6.07, 6.45) is 0. The Morgan fingerprint density at radius 2 is 1.73 bits per heavy atom. The summed E-state index contributed by atoms with van der Waals surface area (Å²) in [6, 6.07) is 3.43. The Morgan fingerprint density at radius 1 is 1.13 bits per heavy atom. The largest absolute Gasteiger partial charge is 0.372 e. The molecule has 0 fully saturated rings. The van der Waals surface area contributed by atoms with E-state index in [0.29, 0.717) is 0 Å². The molecule has 0 aliphatic carbocycles. The Labute approximate surface area is 85.2 Å². The molecule has 0 spiro atoms. The van der Waals surface area contributed by atoms with Crippen molar-refractivity contribution >= 4 is 17.1 Å². The zero-order chi connectivity index (χ0) is 11.6. The van der Waals surface area contributed by atoms with Gasteiger partial charge in [-0.2, -0.15) is 0 Å². The highest BCUT2D eigenvalue weighted by atomic mass is 16.6. The maximum atomic E-state index is 10.6. The standard InChI is InChI=1S/C8H9N3O4/c1-9(2)8-5-6(10(12)13)3-4-7(8)11(14)15/h3-5H,1-2H3. The van der Waals surface area contributed by atoms with E-state index in [0.717, 1.165) is 12.1 Å². The van der Waals surface area contributed by atoms with Gasteiger partial charge in [0.1, 0.15) is 5.69 Å². The van der Waals surface area contributed by atoms with Crippen LogP contribution in [-0.4, -0.2) is 23.9 Å². The molecule has 0 bridgehead atoms. The number of rotatable bonds is 3. The van der Waals surface area contributed by atoms with Gasteiger partial charge in [0.25, 0.3) is 11.4 Å². The molecule has 0 aliphatic rings. The number of non-ortho nitro benzene ring substituents is 1. The quantitative estimate of drug-likeness (QED) is 0.559. The lowest BCUT2D eigenvalue weighted by Crippen LogP contribution is -2.11. The normalized spacial score (nSPS) is 9.73. The van der Waals surface area contributed by atoms with E-state index in [1.54, 1.807) is 14.1 Å². The second-order valence-electron chi connectivity index (χ2n) is 3.08. The first-order valence-electron chi connectivity index (χ1n) is 4.03. The molecule has 0 amide bonds. The highest BCUT2D eigenvalue weighted by molar-refractivity contribution is 5.66. The van der Waals surface area contributed by atoms with Gasteiger partial charge in [-0.05, 0) is 0 Å². The van der Waals surface area contributed by atoms with Crippen molar-refractivity contribution in [3.8, 4) is 0 Å². The lowest BCUT2D eigenvalue weighted by Gasteiger charge is -2.11. The molecule has 7 nitrogen and oxygen atoms in total. The molecule has 0 saturated carbocycles. The summed E-state index contributed by atoms with van der Waals surface area (Å²) in [7, 11) is 3.18. The van der Waals surface area contributed by atoms with Gasteiger partial charge in [-0.15, -0.1) is 0 Å². The zero-order valence-corrected chi connectivity index (χ0v) is 8.21. The second-order valence-corrected chi connectivity index (χ2v) is 3.08. The van der Waals surface area contributed by atoms with E-state index >= 15 is 0 Å². The molecule has 80 valence electrons. The molecule has 0 radical (unpaired) electrons. The van der Waals surface area contributed by atoms with Crippen molar-refractivity contribution in [2.24, 2.45) is 0 Å². The summed E-state index contributed by atoms with van der Waals surface area (Å²) in [5.74, 6) is 0. The number of nitro groups is 2. The first-order valence-corrected chi connectivity index (χ1v) is 4.03. The minimum Gasteiger partial charge on any atom is -0.372 e. The summed E-state index contributed by atoms with van der Waals surface area (Å²) in [5, 5.41) is 21.1. The Balaban J connectivity index is 3.33. The Hall–Kier alpha value is -2.18. The van der Waals surface area contributed by atoms with Gasteiger partial charge in [-0.3, -0.25) is 20.2 Å². The molecule has 7 heteroatoms. The fraction of sp³-hybridized carbons (Fsp3) is 0.250. The van der Waals surface area contributed by atoms with Crippen LogP contribution in [0, 0.1) is 20.2 Å². The van der Waals surface area contributed by atoms with Gasteiger partial charge in [0.05, 0.1) is 9.85 Å². The molecule has 0 unspecified atom stereocenters. The SMILES string of the molecule is CN(C)c1cc([N+](=O)[O-])ccc1[N+](=O)[O-]. The van der Waals surface area contributed by atoms with Crippen molar-refractivity contribution in [1.29, 1.82) is 0 Å². The van der Waals surface area contributed by atoms with Crippen molar-refractivity contribution < 1.29 is 9.85 Å². The van der Waals surface area contributed by atoms with Crippen molar-refractivity contribution in [1.82, 2.24) is 0 Å². The fourth-order valence-corrected chi connectivity index (χ4v) is 1.14. The van der Waals surface area contributed by atoms with Crippen molar-refractivity contribution in [3.63, 3.8) is 0 Å². The van der Waals surface area contributed by atoms with Crippen LogP contribution >= 0.6 is 0 Å². The number of nitrogens with zero attached hydrogens (tertiary/aromatic N) is 3. The highest BCUT2D eigenvalue weighted by Gasteiger charge is 2.19. The molecule has 0 N–H and O–H groups in total. The van der Waals surface area contributed by atoms with E-state index in [4.69, 9.17) is 0 Å². The van der Waals surface area contributed by atoms with Gasteiger partial charge in [-0.25, -0.2) is 0 Å². The average molecular weight is 211 g/mol. The minimum absolute atomic E-state index is 0.148. The summed E-state index contributed by atoms with van der Waals surface area (Å²) in [6.45, 7) is 0. The number of anilines is 1. The van der Waals surface area contributed by atoms with Crippen LogP contribution in [0.1, 0.15) is 0 Å². The molecule has 15 heavy (non-hydrogen) atoms. The molecule has 0 atom stereocenters. The van der Waals surface area contributed by atoms with E-state index in [2.05, 4.69) is 0 Å². The van der Waals surface area contributed by atoms with Gasteiger partial charge in [0, 0.05) is 32.3 Å². The van der Waals surface area contributed by atoms with Crippen molar-refractivity contribution in [2.45, 2.75) is 0 Å². The maximum absolute atomic E-state index is 10.6. The summed E-state index contributed by atoms with van der Waals surface area (Å²) >= 11 is 0. The van der Waals surface area contributed by atoms with E-state index < -0.39 is 9.85 Å². The van der Waals surface area contributed by atoms with Crippen LogP contribution in [-0.2, 0) is 0 Å². The van der Waals surface area contributed by atoms with E-state index in [1.807, 2.05) is 0 Å². The van der Waals surface area contributed by atoms with Gasteiger partial charge < -0.3 is 4.90 Å². The minimum atomic E-state index is -0.587. The second kappa shape index (κ2) is 3.91. The predicted molar refractivity (Wildman–Crippen MR) is 54.1 cm³/mol. The topological polar surface area (TPSA) is 89.5 Å². The third kappa shape index (κ3) is 2.19. The molecular formula is C8H9N3O4. The van der Waals surface area contributed by atoms with Crippen LogP contribution in [0.5, 0.6) is 0 Å².